The highest BCUT2D eigenvalue weighted by molar-refractivity contribution is 5.75. The Bertz CT molecular complexity index is 734. The summed E-state index contributed by atoms with van der Waals surface area (Å²) in [4.78, 5) is 11.9. The van der Waals surface area contributed by atoms with E-state index in [9.17, 15) is 45.6 Å². The molecule has 14 heteroatoms. The Morgan fingerprint density at radius 2 is 1.37 bits per heavy atom. The number of amides is 2. The summed E-state index contributed by atoms with van der Waals surface area (Å²) in [6, 6.07) is -0.614. The largest absolute Gasteiger partial charge is 0.394 e. The van der Waals surface area contributed by atoms with Gasteiger partial charge in [-0.1, -0.05) is 90.4 Å². The fourth-order valence-electron chi connectivity index (χ4n) is 4.85. The second kappa shape index (κ2) is 23.9. The van der Waals surface area contributed by atoms with Gasteiger partial charge in [0.25, 0.3) is 0 Å². The molecule has 254 valence electrons. The minimum Gasteiger partial charge on any atom is -0.394 e. The van der Waals surface area contributed by atoms with E-state index in [1.165, 1.54) is 70.6 Å². The number of unbranched alkanes of at least 4 members (excludes halogenated alkanes) is 13. The number of aliphatic hydroxyl groups is 8. The molecule has 1 aliphatic heterocycles. The molecule has 1 rings (SSSR count). The molecule has 0 bridgehead atoms. The van der Waals surface area contributed by atoms with E-state index in [0.29, 0.717) is 6.54 Å². The van der Waals surface area contributed by atoms with Crippen LogP contribution in [0.25, 0.3) is 0 Å². The minimum absolute atomic E-state index is 0.447. The number of ether oxygens (including phenoxy) is 2. The van der Waals surface area contributed by atoms with Crippen molar-refractivity contribution in [3.63, 3.8) is 0 Å². The number of hydrogen-bond acceptors (Lipinski definition) is 12. The third kappa shape index (κ3) is 15.9. The Kier molecular flexibility index (Phi) is 22.0. The highest BCUT2D eigenvalue weighted by Gasteiger charge is 2.46. The van der Waals surface area contributed by atoms with Crippen molar-refractivity contribution in [3.8, 4) is 0 Å². The summed E-state index contributed by atoms with van der Waals surface area (Å²) in [5.74, 6) is 0. The standard InChI is InChI=1S/C29H57N3O11/c1-2-3-4-5-6-7-8-9-10-11-12-13-14-15-16-30-29(41)32-31-17-20(35)23(37)27(21(36)18-33)43-28-26(40)25(39)24(38)22(19-34)42-28/h17,20-28,33-40H,2-16,18-19H2,1H3,(H2,30,32,41)/b31-17+/t20-,21+,22+,23+,24+,25-,26+,27+,28+/m0/s1. The summed E-state index contributed by atoms with van der Waals surface area (Å²) in [5, 5.41) is 85.7. The van der Waals surface area contributed by atoms with Crippen molar-refractivity contribution in [2.45, 2.75) is 152 Å². The quantitative estimate of drug-likeness (QED) is 0.0391. The Hall–Kier alpha value is -1.46. The molecule has 0 aromatic heterocycles. The van der Waals surface area contributed by atoms with Crippen molar-refractivity contribution < 1.29 is 55.1 Å². The van der Waals surface area contributed by atoms with Crippen LogP contribution in [0.3, 0.4) is 0 Å². The topological polar surface area (TPSA) is 234 Å². The van der Waals surface area contributed by atoms with Gasteiger partial charge in [0.1, 0.15) is 48.8 Å². The second-order valence-electron chi connectivity index (χ2n) is 11.3. The fraction of sp³-hybridized carbons (Fsp3) is 0.931. The zero-order valence-corrected chi connectivity index (χ0v) is 25.5. The van der Waals surface area contributed by atoms with Crippen LogP contribution in [0.2, 0.25) is 0 Å². The lowest BCUT2D eigenvalue weighted by Gasteiger charge is -2.42. The monoisotopic (exact) mass is 623 g/mol. The molecule has 0 spiro atoms. The summed E-state index contributed by atoms with van der Waals surface area (Å²) in [6.07, 6.45) is 2.46. The average molecular weight is 624 g/mol. The van der Waals surface area contributed by atoms with Gasteiger partial charge in [0.05, 0.1) is 19.4 Å². The van der Waals surface area contributed by atoms with E-state index >= 15 is 0 Å². The van der Waals surface area contributed by atoms with Crippen LogP contribution in [0, 0.1) is 0 Å². The molecule has 0 aromatic carbocycles. The highest BCUT2D eigenvalue weighted by Crippen LogP contribution is 2.25. The first kappa shape index (κ1) is 39.6. The van der Waals surface area contributed by atoms with E-state index in [1.807, 2.05) is 0 Å². The lowest BCUT2D eigenvalue weighted by molar-refractivity contribution is -0.326. The molecule has 0 saturated carbocycles. The maximum atomic E-state index is 11.9. The van der Waals surface area contributed by atoms with Gasteiger partial charge in [-0.25, -0.2) is 10.2 Å². The van der Waals surface area contributed by atoms with Crippen LogP contribution in [0.5, 0.6) is 0 Å². The van der Waals surface area contributed by atoms with E-state index < -0.39 is 74.4 Å². The molecule has 0 radical (unpaired) electrons. The van der Waals surface area contributed by atoms with Crippen LogP contribution < -0.4 is 10.7 Å². The lowest BCUT2D eigenvalue weighted by Crippen LogP contribution is -2.61. The maximum Gasteiger partial charge on any atom is 0.335 e. The number of urea groups is 1. The number of carbonyl (C=O) groups excluding carboxylic acids is 1. The van der Waals surface area contributed by atoms with Gasteiger partial charge in [0.2, 0.25) is 0 Å². The van der Waals surface area contributed by atoms with Crippen LogP contribution in [-0.4, -0.2) is 128 Å². The summed E-state index contributed by atoms with van der Waals surface area (Å²) in [6.45, 7) is 1.04. The van der Waals surface area contributed by atoms with Gasteiger partial charge in [-0.2, -0.15) is 5.10 Å². The number of rotatable bonds is 24. The number of nitrogens with one attached hydrogen (secondary N) is 2. The lowest BCUT2D eigenvalue weighted by atomic mass is 9.98. The number of hydrazone groups is 1. The van der Waals surface area contributed by atoms with Crippen molar-refractivity contribution in [3.05, 3.63) is 0 Å². The van der Waals surface area contributed by atoms with Gasteiger partial charge in [-0.05, 0) is 6.42 Å². The SMILES string of the molecule is CCCCCCCCCCCCCCCCNC(=O)N/N=C/[C@H](O)[C@@H](O)[C@H](O[C@H]1O[C@H](CO)[C@@H](O)[C@H](O)[C@H]1O)[C@H](O)CO. The Morgan fingerprint density at radius 1 is 0.837 bits per heavy atom. The van der Waals surface area contributed by atoms with E-state index in [-0.39, 0.29) is 0 Å². The number of hydrogen-bond donors (Lipinski definition) is 10. The molecule has 0 unspecified atom stereocenters. The molecular weight excluding hydrogens is 566 g/mol. The zero-order chi connectivity index (χ0) is 32.0. The van der Waals surface area contributed by atoms with Crippen LogP contribution in [0.15, 0.2) is 5.10 Å². The first-order chi connectivity index (χ1) is 20.7. The molecule has 43 heavy (non-hydrogen) atoms. The van der Waals surface area contributed by atoms with Gasteiger partial charge in [-0.3, -0.25) is 0 Å². The van der Waals surface area contributed by atoms with E-state index in [4.69, 9.17) is 9.47 Å². The maximum absolute atomic E-state index is 11.9. The molecule has 9 atom stereocenters. The molecule has 2 amide bonds. The van der Waals surface area contributed by atoms with Crippen molar-refractivity contribution in [1.82, 2.24) is 10.7 Å². The predicted octanol–water partition coefficient (Wildman–Crippen LogP) is 0.0128. The molecule has 14 nitrogen and oxygen atoms in total. The fourth-order valence-corrected chi connectivity index (χ4v) is 4.85. The first-order valence-corrected chi connectivity index (χ1v) is 15.9. The zero-order valence-electron chi connectivity index (χ0n) is 25.5. The van der Waals surface area contributed by atoms with Crippen LogP contribution in [0.4, 0.5) is 4.79 Å². The van der Waals surface area contributed by atoms with E-state index in [1.54, 1.807) is 0 Å². The van der Waals surface area contributed by atoms with E-state index in [0.717, 1.165) is 25.5 Å². The summed E-state index contributed by atoms with van der Waals surface area (Å²) in [5.41, 5.74) is 2.15. The molecule has 0 aliphatic carbocycles. The first-order valence-electron chi connectivity index (χ1n) is 15.9. The molecule has 1 aliphatic rings. The smallest absolute Gasteiger partial charge is 0.335 e. The van der Waals surface area contributed by atoms with Crippen molar-refractivity contribution in [2.24, 2.45) is 5.10 Å². The Labute approximate surface area is 255 Å². The molecule has 1 saturated heterocycles. The van der Waals surface area contributed by atoms with Gasteiger partial charge in [0, 0.05) is 6.54 Å². The molecule has 0 aromatic rings. The van der Waals surface area contributed by atoms with Crippen molar-refractivity contribution in [2.75, 3.05) is 19.8 Å². The van der Waals surface area contributed by atoms with Crippen molar-refractivity contribution in [1.29, 1.82) is 0 Å². The minimum atomic E-state index is -1.93. The number of nitrogens with zero attached hydrogens (tertiary/aromatic N) is 1. The Balaban J connectivity index is 2.27. The van der Waals surface area contributed by atoms with Gasteiger partial charge in [0.15, 0.2) is 6.29 Å². The summed E-state index contributed by atoms with van der Waals surface area (Å²) < 4.78 is 10.5. The number of aliphatic hydroxyl groups excluding tert-OH is 8. The normalized spacial score (nSPS) is 25.4. The third-order valence-corrected chi connectivity index (χ3v) is 7.60. The molecule has 1 fully saturated rings. The third-order valence-electron chi connectivity index (χ3n) is 7.60. The molecule has 10 N–H and O–H groups in total. The van der Waals surface area contributed by atoms with Crippen LogP contribution in [-0.2, 0) is 9.47 Å². The van der Waals surface area contributed by atoms with E-state index in [2.05, 4.69) is 22.8 Å². The average Bonchev–Trinajstić information content (AvgIpc) is 3.00. The molecule has 1 heterocycles. The van der Waals surface area contributed by atoms with Crippen LogP contribution in [0.1, 0.15) is 96.8 Å². The predicted molar refractivity (Wildman–Crippen MR) is 159 cm³/mol. The second-order valence-corrected chi connectivity index (χ2v) is 11.3. The van der Waals surface area contributed by atoms with Gasteiger partial charge < -0.3 is 55.6 Å². The Morgan fingerprint density at radius 3 is 1.88 bits per heavy atom. The highest BCUT2D eigenvalue weighted by atomic mass is 16.7. The van der Waals surface area contributed by atoms with Crippen molar-refractivity contribution >= 4 is 12.2 Å². The summed E-state index contributed by atoms with van der Waals surface area (Å²) >= 11 is 0. The van der Waals surface area contributed by atoms with Crippen LogP contribution >= 0.6 is 0 Å². The van der Waals surface area contributed by atoms with Gasteiger partial charge in [-0.15, -0.1) is 0 Å². The number of carbonyl (C=O) groups is 1. The molecular formula is C29H57N3O11. The summed E-state index contributed by atoms with van der Waals surface area (Å²) in [7, 11) is 0. The van der Waals surface area contributed by atoms with Gasteiger partial charge >= 0.3 is 6.03 Å².